The third-order valence-corrected chi connectivity index (χ3v) is 4.28. The second-order valence-electron chi connectivity index (χ2n) is 5.49. The van der Waals surface area contributed by atoms with Crippen LogP contribution in [0.4, 0.5) is 5.82 Å². The van der Waals surface area contributed by atoms with E-state index in [-0.39, 0.29) is 12.4 Å². The summed E-state index contributed by atoms with van der Waals surface area (Å²) in [6.45, 7) is 5.39. The Kier molecular flexibility index (Phi) is 2.93. The van der Waals surface area contributed by atoms with Gasteiger partial charge in [-0.15, -0.1) is 0 Å². The number of ether oxygens (including phenoxy) is 1. The van der Waals surface area contributed by atoms with E-state index in [1.54, 1.807) is 13.0 Å². The van der Waals surface area contributed by atoms with E-state index in [0.29, 0.717) is 11.3 Å². The van der Waals surface area contributed by atoms with Gasteiger partial charge in [0.05, 0.1) is 12.0 Å². The van der Waals surface area contributed by atoms with Crippen LogP contribution in [0, 0.1) is 5.41 Å². The molecule has 0 spiro atoms. The average molecular weight is 291 g/mol. The first kappa shape index (κ1) is 13.8. The molecular formula is C14H17N3O4. The first-order chi connectivity index (χ1) is 9.91. The fourth-order valence-corrected chi connectivity index (χ4v) is 3.16. The minimum atomic E-state index is -0.994. The van der Waals surface area contributed by atoms with Crippen LogP contribution >= 0.6 is 0 Å². The Bertz CT molecular complexity index is 696. The zero-order valence-electron chi connectivity index (χ0n) is 11.6. The summed E-state index contributed by atoms with van der Waals surface area (Å²) in [6, 6.07) is 0.992. The van der Waals surface area contributed by atoms with E-state index < -0.39 is 29.4 Å². The Labute approximate surface area is 121 Å². The van der Waals surface area contributed by atoms with Crippen LogP contribution < -0.4 is 11.4 Å². The predicted molar refractivity (Wildman–Crippen MR) is 75.2 cm³/mol. The highest BCUT2D eigenvalue weighted by molar-refractivity contribution is 5.42. The van der Waals surface area contributed by atoms with Gasteiger partial charge < -0.3 is 20.7 Å². The number of fused-ring (bicyclic) bond motifs is 1. The molecule has 7 nitrogen and oxygen atoms in total. The Hall–Kier alpha value is -2.12. The number of allylic oxidation sites excluding steroid dienone is 1. The summed E-state index contributed by atoms with van der Waals surface area (Å²) in [4.78, 5) is 15.8. The molecule has 2 aliphatic rings. The number of hydrogen-bond donors (Lipinski definition) is 3. The van der Waals surface area contributed by atoms with E-state index in [4.69, 9.17) is 10.5 Å². The summed E-state index contributed by atoms with van der Waals surface area (Å²) in [5.41, 5.74) is 4.82. The van der Waals surface area contributed by atoms with E-state index in [1.165, 1.54) is 16.8 Å². The zero-order valence-corrected chi connectivity index (χ0v) is 11.6. The SMILES string of the molecule is C=C(C)C12C=C(OC(CO)C1O)C2n1ccc(N)nc1=O. The van der Waals surface area contributed by atoms with Gasteiger partial charge in [0.25, 0.3) is 0 Å². The highest BCUT2D eigenvalue weighted by atomic mass is 16.5. The van der Waals surface area contributed by atoms with Crippen LogP contribution in [0.15, 0.2) is 41.0 Å². The smallest absolute Gasteiger partial charge is 0.350 e. The molecule has 2 heterocycles. The second kappa shape index (κ2) is 4.44. The van der Waals surface area contributed by atoms with Crippen molar-refractivity contribution in [2.45, 2.75) is 25.2 Å². The third kappa shape index (κ3) is 1.68. The molecule has 1 aliphatic heterocycles. The maximum Gasteiger partial charge on any atom is 0.350 e. The third-order valence-electron chi connectivity index (χ3n) is 4.28. The first-order valence-corrected chi connectivity index (χ1v) is 6.60. The number of aromatic nitrogens is 2. The van der Waals surface area contributed by atoms with Crippen LogP contribution in [-0.4, -0.2) is 38.6 Å². The van der Waals surface area contributed by atoms with E-state index in [1.807, 2.05) is 0 Å². The Morgan fingerprint density at radius 1 is 1.67 bits per heavy atom. The average Bonchev–Trinajstić information content (AvgIpc) is 2.41. The highest BCUT2D eigenvalue weighted by Crippen LogP contribution is 2.59. The minimum Gasteiger partial charge on any atom is -0.488 e. The quantitative estimate of drug-likeness (QED) is 0.652. The summed E-state index contributed by atoms with van der Waals surface area (Å²) >= 11 is 0. The topological polar surface area (TPSA) is 111 Å². The van der Waals surface area contributed by atoms with Crippen molar-refractivity contribution in [2.75, 3.05) is 12.3 Å². The molecule has 4 unspecified atom stereocenters. The number of nitrogens with zero attached hydrogens (tertiary/aromatic N) is 2. The maximum absolute atomic E-state index is 12.1. The van der Waals surface area contributed by atoms with Gasteiger partial charge in [0, 0.05) is 6.20 Å². The van der Waals surface area contributed by atoms with Gasteiger partial charge in [-0.3, -0.25) is 4.57 Å². The highest BCUT2D eigenvalue weighted by Gasteiger charge is 2.61. The van der Waals surface area contributed by atoms with Crippen molar-refractivity contribution >= 4 is 5.82 Å². The van der Waals surface area contributed by atoms with Crippen molar-refractivity contribution in [3.8, 4) is 0 Å². The number of anilines is 1. The molecule has 21 heavy (non-hydrogen) atoms. The molecule has 4 N–H and O–H groups in total. The second-order valence-corrected chi connectivity index (χ2v) is 5.49. The fraction of sp³-hybridized carbons (Fsp3) is 0.429. The summed E-state index contributed by atoms with van der Waals surface area (Å²) in [6.07, 6.45) is 1.55. The number of nitrogen functional groups attached to an aromatic ring is 1. The molecule has 0 radical (unpaired) electrons. The molecule has 0 aromatic carbocycles. The summed E-state index contributed by atoms with van der Waals surface area (Å²) in [5.74, 6) is 0.657. The summed E-state index contributed by atoms with van der Waals surface area (Å²) in [7, 11) is 0. The van der Waals surface area contributed by atoms with Crippen LogP contribution in [0.3, 0.4) is 0 Å². The lowest BCUT2D eigenvalue weighted by molar-refractivity contribution is -0.151. The van der Waals surface area contributed by atoms with E-state index >= 15 is 0 Å². The number of aliphatic hydroxyl groups excluding tert-OH is 2. The van der Waals surface area contributed by atoms with Crippen LogP contribution in [0.2, 0.25) is 0 Å². The van der Waals surface area contributed by atoms with Gasteiger partial charge in [-0.2, -0.15) is 4.98 Å². The largest absolute Gasteiger partial charge is 0.488 e. The molecule has 0 saturated carbocycles. The molecular weight excluding hydrogens is 274 g/mol. The number of aliphatic hydroxyl groups is 2. The molecule has 2 bridgehead atoms. The van der Waals surface area contributed by atoms with Crippen LogP contribution in [0.25, 0.3) is 0 Å². The molecule has 1 aromatic heterocycles. The molecule has 112 valence electrons. The molecule has 0 saturated heterocycles. The van der Waals surface area contributed by atoms with Crippen LogP contribution in [0.1, 0.15) is 13.0 Å². The van der Waals surface area contributed by atoms with E-state index in [9.17, 15) is 15.0 Å². The van der Waals surface area contributed by atoms with Crippen molar-refractivity contribution in [1.29, 1.82) is 0 Å². The molecule has 0 amide bonds. The van der Waals surface area contributed by atoms with Crippen molar-refractivity contribution in [3.05, 3.63) is 46.7 Å². The molecule has 1 aliphatic carbocycles. The standard InChI is InChI=1S/C14H17N3O4/c1-7(2)14-5-8(21-9(6-18)12(14)19)11(14)17-4-3-10(15)16-13(17)20/h3-5,9,11-12,18-19H,1,6H2,2H3,(H2,15,16,20). The van der Waals surface area contributed by atoms with Gasteiger partial charge in [-0.25, -0.2) is 4.79 Å². The lowest BCUT2D eigenvalue weighted by Crippen LogP contribution is -2.61. The first-order valence-electron chi connectivity index (χ1n) is 6.60. The van der Waals surface area contributed by atoms with Crippen molar-refractivity contribution < 1.29 is 14.9 Å². The Morgan fingerprint density at radius 2 is 2.38 bits per heavy atom. The lowest BCUT2D eigenvalue weighted by Gasteiger charge is -2.56. The summed E-state index contributed by atoms with van der Waals surface area (Å²) in [5, 5.41) is 19.8. The lowest BCUT2D eigenvalue weighted by atomic mass is 9.59. The summed E-state index contributed by atoms with van der Waals surface area (Å²) < 4.78 is 6.91. The number of rotatable bonds is 3. The van der Waals surface area contributed by atoms with Crippen molar-refractivity contribution in [3.63, 3.8) is 0 Å². The van der Waals surface area contributed by atoms with Gasteiger partial charge in [-0.05, 0) is 19.1 Å². The molecule has 0 fully saturated rings. The van der Waals surface area contributed by atoms with Gasteiger partial charge in [0.2, 0.25) is 0 Å². The maximum atomic E-state index is 12.1. The Balaban J connectivity index is 2.11. The number of hydrogen-bond acceptors (Lipinski definition) is 6. The predicted octanol–water partition coefficient (Wildman–Crippen LogP) is -0.421. The van der Waals surface area contributed by atoms with Crippen LogP contribution in [0.5, 0.6) is 0 Å². The van der Waals surface area contributed by atoms with Gasteiger partial charge in [0.15, 0.2) is 0 Å². The van der Waals surface area contributed by atoms with Crippen LogP contribution in [-0.2, 0) is 4.74 Å². The number of nitrogens with two attached hydrogens (primary N) is 1. The van der Waals surface area contributed by atoms with Gasteiger partial charge in [0.1, 0.15) is 29.8 Å². The van der Waals surface area contributed by atoms with E-state index in [2.05, 4.69) is 11.6 Å². The fourth-order valence-electron chi connectivity index (χ4n) is 3.16. The molecule has 3 rings (SSSR count). The van der Waals surface area contributed by atoms with Crippen molar-refractivity contribution in [1.82, 2.24) is 9.55 Å². The zero-order chi connectivity index (χ0) is 15.4. The van der Waals surface area contributed by atoms with Gasteiger partial charge in [-0.1, -0.05) is 12.2 Å². The normalized spacial score (nSPS) is 33.7. The van der Waals surface area contributed by atoms with E-state index in [0.717, 1.165) is 0 Å². The van der Waals surface area contributed by atoms with Crippen molar-refractivity contribution in [2.24, 2.45) is 5.41 Å². The molecule has 1 aromatic rings. The molecule has 4 atom stereocenters. The molecule has 7 heteroatoms. The van der Waals surface area contributed by atoms with Gasteiger partial charge >= 0.3 is 5.69 Å². The Morgan fingerprint density at radius 3 is 2.95 bits per heavy atom. The monoisotopic (exact) mass is 291 g/mol. The minimum absolute atomic E-state index is 0.133.